The van der Waals surface area contributed by atoms with Crippen molar-refractivity contribution >= 4 is 82.5 Å². The highest BCUT2D eigenvalue weighted by Crippen LogP contribution is 2.26. The van der Waals surface area contributed by atoms with E-state index in [1.54, 1.807) is 50.7 Å². The van der Waals surface area contributed by atoms with Crippen LogP contribution in [-0.2, 0) is 36.8 Å². The molecule has 3 amide bonds. The number of aromatic nitrogens is 2. The summed E-state index contributed by atoms with van der Waals surface area (Å²) < 4.78 is 3.33. The highest BCUT2D eigenvalue weighted by atomic mass is 35.6. The molecule has 0 saturated carbocycles. The number of ether oxygens (including phenoxy) is 1. The molecule has 1 aliphatic rings. The number of amides is 3. The van der Waals surface area contributed by atoms with Crippen LogP contribution in [0.1, 0.15) is 58.8 Å². The smallest absolute Gasteiger partial charge is 0.325 e. The number of hydrogen-bond acceptors (Lipinski definition) is 9. The zero-order chi connectivity index (χ0) is 37.2. The number of nitrogens with zero attached hydrogens (tertiary/aromatic N) is 3. The Morgan fingerprint density at radius 3 is 2.52 bits per heavy atom. The third-order valence-electron chi connectivity index (χ3n) is 7.92. The summed E-state index contributed by atoms with van der Waals surface area (Å²) >= 11 is 18.5. The summed E-state index contributed by atoms with van der Waals surface area (Å²) in [6.07, 6.45) is 7.01. The summed E-state index contributed by atoms with van der Waals surface area (Å²) in [4.78, 5) is 62.7. The normalized spacial score (nSPS) is 17.0. The van der Waals surface area contributed by atoms with Crippen LogP contribution in [0.4, 0.5) is 0 Å². The van der Waals surface area contributed by atoms with Crippen molar-refractivity contribution in [2.75, 3.05) is 13.2 Å². The third-order valence-corrected chi connectivity index (χ3v) is 8.88. The molecule has 0 radical (unpaired) electrons. The molecule has 11 nitrogen and oxygen atoms in total. The average molecular weight is 768 g/mol. The molecule has 0 bridgehead atoms. The Kier molecular flexibility index (Phi) is 15.0. The zero-order valence-corrected chi connectivity index (χ0v) is 32.0. The topological polar surface area (TPSA) is 143 Å². The van der Waals surface area contributed by atoms with Crippen molar-refractivity contribution in [3.05, 3.63) is 69.3 Å². The van der Waals surface area contributed by atoms with Crippen LogP contribution in [-0.4, -0.2) is 73.7 Å². The minimum Gasteiger partial charge on any atom is -0.460 e. The van der Waals surface area contributed by atoms with E-state index in [2.05, 4.69) is 39.2 Å². The number of thiazole rings is 1. The van der Waals surface area contributed by atoms with Crippen LogP contribution in [0.2, 0.25) is 0 Å². The third kappa shape index (κ3) is 12.5. The molecule has 3 atom stereocenters. The maximum atomic E-state index is 13.8. The summed E-state index contributed by atoms with van der Waals surface area (Å²) in [6, 6.07) is 0.951. The molecular formula is C35H45Cl3N6O5S. The largest absolute Gasteiger partial charge is 0.460 e. The number of hydrazine groups is 1. The van der Waals surface area contributed by atoms with Gasteiger partial charge in [-0.2, -0.15) is 0 Å². The molecule has 1 fully saturated rings. The van der Waals surface area contributed by atoms with E-state index in [0.29, 0.717) is 29.5 Å². The summed E-state index contributed by atoms with van der Waals surface area (Å²) in [5.41, 5.74) is 5.66. The molecule has 3 N–H and O–H groups in total. The quantitative estimate of drug-likeness (QED) is 0.150. The van der Waals surface area contributed by atoms with Crippen LogP contribution in [0.3, 0.4) is 0 Å². The number of alkyl halides is 3. The summed E-state index contributed by atoms with van der Waals surface area (Å²) in [5, 5.41) is 10.2. The molecule has 3 unspecified atom stereocenters. The molecule has 0 aliphatic carbocycles. The number of pyridine rings is 1. The number of halogens is 3. The maximum Gasteiger partial charge on any atom is 0.325 e. The Hall–Kier alpha value is -3.29. The SMILES string of the molecule is C=C(/C=C/C(C)(C)C(=O)NC(C(=O)NC(Cc1cscn1)C(=O)N1CCCC(C(=O)OCC(Cl)(Cl)Cl)N1)C(C)C)/C=c1/nc(CC)ccc1=C. The van der Waals surface area contributed by atoms with Crippen LogP contribution in [0.25, 0.3) is 12.7 Å². The molecule has 0 aromatic carbocycles. The second-order valence-electron chi connectivity index (χ2n) is 13.0. The predicted octanol–water partition coefficient (Wildman–Crippen LogP) is 3.71. The first-order valence-electron chi connectivity index (χ1n) is 16.2. The molecule has 0 spiro atoms. The van der Waals surface area contributed by atoms with Gasteiger partial charge in [0, 0.05) is 24.0 Å². The van der Waals surface area contributed by atoms with E-state index in [9.17, 15) is 19.2 Å². The van der Waals surface area contributed by atoms with Gasteiger partial charge in [-0.15, -0.1) is 11.3 Å². The van der Waals surface area contributed by atoms with Crippen molar-refractivity contribution < 1.29 is 23.9 Å². The van der Waals surface area contributed by atoms with Gasteiger partial charge < -0.3 is 15.4 Å². The van der Waals surface area contributed by atoms with Gasteiger partial charge in [0.05, 0.1) is 22.0 Å². The lowest BCUT2D eigenvalue weighted by Crippen LogP contribution is -2.62. The van der Waals surface area contributed by atoms with Gasteiger partial charge in [-0.05, 0) is 62.0 Å². The molecule has 3 heterocycles. The molecule has 1 aliphatic heterocycles. The second-order valence-corrected chi connectivity index (χ2v) is 16.2. The van der Waals surface area contributed by atoms with Gasteiger partial charge in [0.25, 0.3) is 5.91 Å². The molecule has 2 aromatic heterocycles. The van der Waals surface area contributed by atoms with Gasteiger partial charge in [-0.3, -0.25) is 29.2 Å². The fourth-order valence-corrected chi connectivity index (χ4v) is 5.65. The van der Waals surface area contributed by atoms with Crippen molar-refractivity contribution in [3.63, 3.8) is 0 Å². The molecule has 272 valence electrons. The minimum atomic E-state index is -1.78. The summed E-state index contributed by atoms with van der Waals surface area (Å²) in [7, 11) is 0. The number of rotatable bonds is 14. The number of allylic oxidation sites excluding steroid dienone is 2. The molecule has 1 saturated heterocycles. The molecular weight excluding hydrogens is 723 g/mol. The van der Waals surface area contributed by atoms with Gasteiger partial charge >= 0.3 is 5.97 Å². The standard InChI is InChI=1S/C35H45Cl3N6O5S/c1-8-24-12-11-23(5)27(40-24)16-22(4)13-14-34(6,7)33(48)42-29(21(2)3)30(45)41-28(17-25-18-50-20-39-25)31(46)44-15-9-10-26(43-44)32(47)49-19-35(36,37)38/h11-14,16,18,20-21,26,28-29,43H,4-5,8-10,15,17,19H2,1-3,6-7H3,(H,41,45)(H,42,48)/b14-13+,27-16+. The van der Waals surface area contributed by atoms with E-state index < -0.39 is 57.6 Å². The van der Waals surface area contributed by atoms with E-state index in [1.165, 1.54) is 16.3 Å². The van der Waals surface area contributed by atoms with Crippen LogP contribution in [0.15, 0.2) is 47.3 Å². The van der Waals surface area contributed by atoms with Crippen LogP contribution in [0, 0.1) is 11.3 Å². The van der Waals surface area contributed by atoms with E-state index in [1.807, 2.05) is 25.1 Å². The summed E-state index contributed by atoms with van der Waals surface area (Å²) in [5.74, 6) is -2.42. The monoisotopic (exact) mass is 766 g/mol. The lowest BCUT2D eigenvalue weighted by Gasteiger charge is -2.35. The van der Waals surface area contributed by atoms with Crippen molar-refractivity contribution in [3.8, 4) is 0 Å². The van der Waals surface area contributed by atoms with Crippen LogP contribution < -0.4 is 26.6 Å². The van der Waals surface area contributed by atoms with Crippen molar-refractivity contribution in [2.45, 2.75) is 82.2 Å². The summed E-state index contributed by atoms with van der Waals surface area (Å²) in [6.45, 7) is 17.0. The molecule has 3 rings (SSSR count). The molecule has 2 aromatic rings. The Bertz CT molecular complexity index is 1680. The van der Waals surface area contributed by atoms with Crippen LogP contribution in [0.5, 0.6) is 0 Å². The number of aryl methyl sites for hydroxylation is 1. The molecule has 15 heteroatoms. The van der Waals surface area contributed by atoms with E-state index >= 15 is 0 Å². The Morgan fingerprint density at radius 1 is 1.18 bits per heavy atom. The fourth-order valence-electron chi connectivity index (χ4n) is 4.91. The lowest BCUT2D eigenvalue weighted by atomic mass is 9.89. The van der Waals surface area contributed by atoms with Gasteiger partial charge in [0.2, 0.25) is 15.6 Å². The number of nitrogens with one attached hydrogen (secondary N) is 3. The van der Waals surface area contributed by atoms with Crippen molar-refractivity contribution in [2.24, 2.45) is 11.3 Å². The number of carbonyl (C=O) groups excluding carboxylic acids is 4. The second kappa shape index (κ2) is 18.3. The van der Waals surface area contributed by atoms with E-state index in [-0.39, 0.29) is 18.9 Å². The van der Waals surface area contributed by atoms with Gasteiger partial charge in [0.15, 0.2) is 0 Å². The number of hydrogen-bond donors (Lipinski definition) is 3. The van der Waals surface area contributed by atoms with Crippen molar-refractivity contribution in [1.29, 1.82) is 0 Å². The minimum absolute atomic E-state index is 0.0885. The first-order valence-corrected chi connectivity index (χ1v) is 18.3. The highest BCUT2D eigenvalue weighted by Gasteiger charge is 2.37. The van der Waals surface area contributed by atoms with Gasteiger partial charge in [-0.25, -0.2) is 10.4 Å². The molecule has 50 heavy (non-hydrogen) atoms. The Balaban J connectivity index is 1.74. The number of carbonyl (C=O) groups is 4. The van der Waals surface area contributed by atoms with Crippen LogP contribution >= 0.6 is 46.1 Å². The highest BCUT2D eigenvalue weighted by molar-refractivity contribution is 7.07. The Labute approximate surface area is 312 Å². The average Bonchev–Trinajstić information content (AvgIpc) is 3.58. The van der Waals surface area contributed by atoms with Crippen molar-refractivity contribution in [1.82, 2.24) is 31.0 Å². The van der Waals surface area contributed by atoms with Gasteiger partial charge in [0.1, 0.15) is 24.7 Å². The van der Waals surface area contributed by atoms with Gasteiger partial charge in [-0.1, -0.05) is 87.0 Å². The zero-order valence-electron chi connectivity index (χ0n) is 28.9. The maximum absolute atomic E-state index is 13.8. The predicted molar refractivity (Wildman–Crippen MR) is 199 cm³/mol. The van der Waals surface area contributed by atoms with E-state index in [0.717, 1.165) is 17.3 Å². The fraction of sp³-hybridized carbons (Fsp3) is 0.486. The van der Waals surface area contributed by atoms with E-state index in [4.69, 9.17) is 39.5 Å². The Morgan fingerprint density at radius 2 is 1.90 bits per heavy atom. The number of esters is 1. The lowest BCUT2D eigenvalue weighted by molar-refractivity contribution is -0.153. The first kappa shape index (κ1) is 41.1. The first-order chi connectivity index (χ1) is 23.4.